The van der Waals surface area contributed by atoms with Crippen molar-refractivity contribution in [2.24, 2.45) is 21.5 Å². The molecule has 5 N–H and O–H groups in total. The van der Waals surface area contributed by atoms with Crippen LogP contribution >= 0.6 is 11.8 Å². The predicted octanol–water partition coefficient (Wildman–Crippen LogP) is 1.58. The zero-order valence-corrected chi connectivity index (χ0v) is 16.3. The number of morpholine rings is 1. The van der Waals surface area contributed by atoms with Gasteiger partial charge in [0.05, 0.1) is 24.2 Å². The molecule has 9 nitrogen and oxygen atoms in total. The van der Waals surface area contributed by atoms with Crippen molar-refractivity contribution in [1.29, 1.82) is 5.41 Å². The molecule has 0 saturated carbocycles. The summed E-state index contributed by atoms with van der Waals surface area (Å²) in [5, 5.41) is 8.77. The summed E-state index contributed by atoms with van der Waals surface area (Å²) in [7, 11) is 1.68. The molecule has 3 rings (SSSR count). The monoisotopic (exact) mass is 398 g/mol. The molecule has 0 aromatic carbocycles. The minimum atomic E-state index is 0.258. The first-order valence-corrected chi connectivity index (χ1v) is 9.47. The van der Waals surface area contributed by atoms with Crippen LogP contribution in [0.2, 0.25) is 0 Å². The van der Waals surface area contributed by atoms with E-state index < -0.39 is 0 Å². The number of fused-ring (bicyclic) bond motifs is 1. The topological polar surface area (TPSA) is 139 Å². The molecule has 146 valence electrons. The molecule has 0 bridgehead atoms. The normalized spacial score (nSPS) is 16.1. The lowest BCUT2D eigenvalue weighted by molar-refractivity contribution is 0.0691. The van der Waals surface area contributed by atoms with E-state index in [1.165, 1.54) is 6.20 Å². The van der Waals surface area contributed by atoms with Crippen LogP contribution < -0.4 is 11.5 Å². The number of hydrogen-bond acceptors (Lipinski definition) is 8. The number of rotatable bonds is 3. The fourth-order valence-electron chi connectivity index (χ4n) is 2.63. The third kappa shape index (κ3) is 4.84. The van der Waals surface area contributed by atoms with E-state index in [1.54, 1.807) is 25.5 Å². The van der Waals surface area contributed by atoms with Crippen LogP contribution in [0.5, 0.6) is 0 Å². The average molecular weight is 398 g/mol. The molecule has 1 aliphatic rings. The molecular formula is C18H22N8OS. The lowest BCUT2D eigenvalue weighted by Gasteiger charge is -2.28. The molecule has 0 unspecified atom stereocenters. The van der Waals surface area contributed by atoms with Gasteiger partial charge in [0.2, 0.25) is 0 Å². The van der Waals surface area contributed by atoms with Crippen molar-refractivity contribution in [3.63, 3.8) is 0 Å². The zero-order valence-electron chi connectivity index (χ0n) is 15.5. The number of nitrogens with zero attached hydrogens (tertiary/aromatic N) is 5. The van der Waals surface area contributed by atoms with E-state index in [4.69, 9.17) is 21.6 Å². The van der Waals surface area contributed by atoms with Gasteiger partial charge < -0.3 is 21.1 Å². The maximum atomic E-state index is 8.16. The van der Waals surface area contributed by atoms with Crippen molar-refractivity contribution >= 4 is 50.7 Å². The van der Waals surface area contributed by atoms with Gasteiger partial charge in [-0.15, -0.1) is 0 Å². The first-order chi connectivity index (χ1) is 13.6. The Labute approximate surface area is 167 Å². The van der Waals surface area contributed by atoms with E-state index in [0.29, 0.717) is 42.8 Å². The van der Waals surface area contributed by atoms with Crippen LogP contribution in [0, 0.1) is 5.41 Å². The van der Waals surface area contributed by atoms with E-state index >= 15 is 0 Å². The molecule has 3 heterocycles. The number of hydrogen-bond donors (Lipinski definition) is 3. The Balaban J connectivity index is 1.80. The molecular weight excluding hydrogens is 376 g/mol. The average Bonchev–Trinajstić information content (AvgIpc) is 2.72. The van der Waals surface area contributed by atoms with Crippen LogP contribution in [-0.4, -0.2) is 64.8 Å². The molecule has 0 amide bonds. The van der Waals surface area contributed by atoms with E-state index in [2.05, 4.69) is 20.0 Å². The molecule has 0 spiro atoms. The van der Waals surface area contributed by atoms with Crippen LogP contribution in [0.25, 0.3) is 16.6 Å². The minimum absolute atomic E-state index is 0.258. The smallest absolute Gasteiger partial charge is 0.168 e. The van der Waals surface area contributed by atoms with E-state index in [9.17, 15) is 0 Å². The fraction of sp³-hybridized carbons (Fsp3) is 0.278. The van der Waals surface area contributed by atoms with E-state index in [1.807, 2.05) is 17.0 Å². The second-order valence-corrected chi connectivity index (χ2v) is 6.91. The number of aromatic nitrogens is 2. The van der Waals surface area contributed by atoms with Gasteiger partial charge in [-0.25, -0.2) is 9.98 Å². The van der Waals surface area contributed by atoms with Gasteiger partial charge in [-0.3, -0.25) is 15.4 Å². The zero-order chi connectivity index (χ0) is 19.9. The van der Waals surface area contributed by atoms with Crippen molar-refractivity contribution < 1.29 is 4.74 Å². The third-order valence-corrected chi connectivity index (χ3v) is 4.78. The minimum Gasteiger partial charge on any atom is -0.404 e. The van der Waals surface area contributed by atoms with Gasteiger partial charge in [0.1, 0.15) is 0 Å². The Hall–Kier alpha value is -2.98. The molecule has 0 aliphatic carbocycles. The number of nitrogens with one attached hydrogen (secondary N) is 1. The van der Waals surface area contributed by atoms with Crippen molar-refractivity contribution in [1.82, 2.24) is 14.9 Å². The Bertz CT molecular complexity index is 950. The maximum Gasteiger partial charge on any atom is 0.168 e. The summed E-state index contributed by atoms with van der Waals surface area (Å²) in [5.74, 6) is 0.452. The molecule has 2 aromatic rings. The lowest BCUT2D eigenvalue weighted by Crippen LogP contribution is -2.39. The van der Waals surface area contributed by atoms with Crippen LogP contribution in [0.3, 0.4) is 0 Å². The highest BCUT2D eigenvalue weighted by Crippen LogP contribution is 2.21. The molecule has 0 atom stereocenters. The summed E-state index contributed by atoms with van der Waals surface area (Å²) in [5.41, 5.74) is 14.6. The van der Waals surface area contributed by atoms with Gasteiger partial charge in [0.25, 0.3) is 0 Å². The number of nitrogens with two attached hydrogens (primary N) is 2. The Kier molecular flexibility index (Phi) is 6.56. The largest absolute Gasteiger partial charge is 0.404 e. The number of aliphatic imine (C=N–C) groups is 2. The van der Waals surface area contributed by atoms with Gasteiger partial charge in [-0.05, 0) is 30.0 Å². The SMILES string of the molecule is CN=CC(=CN)c1cnc2ccc(N=C(N)SC(=N)N3CCOCC3)nc2c1. The number of amidine groups is 2. The van der Waals surface area contributed by atoms with Gasteiger partial charge in [-0.2, -0.15) is 0 Å². The summed E-state index contributed by atoms with van der Waals surface area (Å²) < 4.78 is 5.30. The first kappa shape index (κ1) is 19.8. The van der Waals surface area contributed by atoms with E-state index in [0.717, 1.165) is 28.4 Å². The quantitative estimate of drug-likeness (QED) is 0.527. The van der Waals surface area contributed by atoms with Crippen molar-refractivity contribution in [3.8, 4) is 0 Å². The Morgan fingerprint density at radius 3 is 2.82 bits per heavy atom. The van der Waals surface area contributed by atoms with E-state index in [-0.39, 0.29) is 5.17 Å². The Morgan fingerprint density at radius 1 is 1.32 bits per heavy atom. The van der Waals surface area contributed by atoms with Crippen molar-refractivity contribution in [2.45, 2.75) is 0 Å². The van der Waals surface area contributed by atoms with Gasteiger partial charge in [-0.1, -0.05) is 0 Å². The predicted molar refractivity (Wildman–Crippen MR) is 115 cm³/mol. The summed E-state index contributed by atoms with van der Waals surface area (Å²) in [6.45, 7) is 2.59. The molecule has 0 radical (unpaired) electrons. The summed E-state index contributed by atoms with van der Waals surface area (Å²) >= 11 is 1.11. The van der Waals surface area contributed by atoms with Crippen molar-refractivity contribution in [3.05, 3.63) is 36.2 Å². The highest BCUT2D eigenvalue weighted by Gasteiger charge is 2.15. The molecule has 1 saturated heterocycles. The van der Waals surface area contributed by atoms with Crippen LogP contribution in [0.1, 0.15) is 5.56 Å². The molecule has 10 heteroatoms. The van der Waals surface area contributed by atoms with Gasteiger partial charge in [0.15, 0.2) is 16.2 Å². The molecule has 28 heavy (non-hydrogen) atoms. The van der Waals surface area contributed by atoms with Gasteiger partial charge >= 0.3 is 0 Å². The third-order valence-electron chi connectivity index (χ3n) is 4.03. The number of ether oxygens (including phenoxy) is 1. The van der Waals surface area contributed by atoms with Crippen LogP contribution in [0.15, 0.2) is 40.6 Å². The standard InChI is InChI=1S/C18H22N8OS/c1-22-10-13(9-19)12-8-15-14(23-11-12)2-3-16(24-15)25-17(20)28-18(21)26-4-6-27-7-5-26/h2-3,8-11,21H,4-7,19H2,1H3,(H2,20,24,25). The highest BCUT2D eigenvalue weighted by atomic mass is 32.2. The van der Waals surface area contributed by atoms with Crippen LogP contribution in [0.4, 0.5) is 5.82 Å². The molecule has 1 fully saturated rings. The summed E-state index contributed by atoms with van der Waals surface area (Å²) in [4.78, 5) is 19.2. The van der Waals surface area contributed by atoms with Crippen LogP contribution in [-0.2, 0) is 4.74 Å². The number of allylic oxidation sites excluding steroid dienone is 1. The van der Waals surface area contributed by atoms with Gasteiger partial charge in [0, 0.05) is 49.9 Å². The number of thioether (sulfide) groups is 1. The molecule has 1 aliphatic heterocycles. The van der Waals surface area contributed by atoms with Crippen molar-refractivity contribution in [2.75, 3.05) is 33.4 Å². The maximum absolute atomic E-state index is 8.16. The fourth-order valence-corrected chi connectivity index (χ4v) is 3.28. The molecule has 2 aromatic heterocycles. The first-order valence-electron chi connectivity index (χ1n) is 8.65. The Morgan fingerprint density at radius 2 is 2.11 bits per heavy atom. The highest BCUT2D eigenvalue weighted by molar-refractivity contribution is 8.26. The second kappa shape index (κ2) is 9.29. The number of pyridine rings is 2. The second-order valence-electron chi connectivity index (χ2n) is 5.90. The lowest BCUT2D eigenvalue weighted by atomic mass is 10.1. The summed E-state index contributed by atoms with van der Waals surface area (Å²) in [6.07, 6.45) is 4.86. The summed E-state index contributed by atoms with van der Waals surface area (Å²) in [6, 6.07) is 5.45.